The zero-order valence-corrected chi connectivity index (χ0v) is 17.2. The van der Waals surface area contributed by atoms with E-state index in [2.05, 4.69) is 48.6 Å². The lowest BCUT2D eigenvalue weighted by Gasteiger charge is -2.17. The maximum Gasteiger partial charge on any atom is 0.414 e. The predicted octanol–water partition coefficient (Wildman–Crippen LogP) is 3.71. The predicted molar refractivity (Wildman–Crippen MR) is 117 cm³/mol. The molecule has 1 fully saturated rings. The van der Waals surface area contributed by atoms with Crippen molar-refractivity contribution in [1.29, 1.82) is 5.41 Å². The van der Waals surface area contributed by atoms with Crippen LogP contribution < -0.4 is 4.74 Å². The number of hydrogen-bond acceptors (Lipinski definition) is 3. The van der Waals surface area contributed by atoms with E-state index in [9.17, 15) is 0 Å². The molecule has 0 radical (unpaired) electrons. The number of likely N-dealkylation sites (N-methyl/N-ethyl adjacent to an activating group) is 1. The molecule has 2 aromatic rings. The van der Waals surface area contributed by atoms with Gasteiger partial charge in [-0.3, -0.25) is 5.41 Å². The number of nitrogens with zero attached hydrogens (tertiary/aromatic N) is 2. The zero-order valence-electron chi connectivity index (χ0n) is 16.2. The van der Waals surface area contributed by atoms with Crippen LogP contribution in [0.5, 0.6) is 5.75 Å². The molecule has 27 heavy (non-hydrogen) atoms. The van der Waals surface area contributed by atoms with E-state index in [-0.39, 0.29) is 11.1 Å². The number of benzene rings is 2. The Morgan fingerprint density at radius 3 is 2.56 bits per heavy atom. The van der Waals surface area contributed by atoms with Crippen LogP contribution in [0.4, 0.5) is 0 Å². The maximum absolute atomic E-state index is 8.09. The molecule has 0 bridgehead atoms. The van der Waals surface area contributed by atoms with E-state index < -0.39 is 0 Å². The average molecular weight is 383 g/mol. The summed E-state index contributed by atoms with van der Waals surface area (Å²) in [5.41, 5.74) is 4.40. The van der Waals surface area contributed by atoms with Crippen LogP contribution in [-0.4, -0.2) is 35.6 Å². The first-order valence-electron chi connectivity index (χ1n) is 9.36. The molecule has 1 aliphatic rings. The molecule has 3 rings (SSSR count). The smallest absolute Gasteiger partial charge is 0.402 e. The van der Waals surface area contributed by atoms with Crippen LogP contribution in [0.15, 0.2) is 47.5 Å². The minimum atomic E-state index is 0.162. The first-order chi connectivity index (χ1) is 12.9. The first kappa shape index (κ1) is 19.6. The normalized spacial score (nSPS) is 14.5. The molecule has 5 heteroatoms. The summed E-state index contributed by atoms with van der Waals surface area (Å²) < 4.78 is 5.86. The molecule has 1 aliphatic carbocycles. The molecule has 0 saturated heterocycles. The molecule has 0 aliphatic heterocycles. The molecule has 0 aromatic heterocycles. The Morgan fingerprint density at radius 2 is 1.89 bits per heavy atom. The van der Waals surface area contributed by atoms with E-state index in [1.165, 1.54) is 24.0 Å². The molecule has 1 saturated carbocycles. The fraction of sp³-hybridized carbons (Fsp3) is 0.364. The Bertz CT molecular complexity index is 844. The maximum atomic E-state index is 8.09. The number of ether oxygens (including phenoxy) is 1. The standard InChI is InChI=1S/C22H27N3OS/c1-15-14-20(16(2)13-18(15)11-12-25(3)19-9-10-19)26-22(27)24-21(23)17-7-5-4-6-8-17/h4-8,13-14,19H,9-12H2,1-3H3,(H2,23,24,27)/p+1. The number of aliphatic imine (C=N–C) groups is 1. The average Bonchev–Trinajstić information content (AvgIpc) is 3.49. The van der Waals surface area contributed by atoms with Crippen molar-refractivity contribution in [3.8, 4) is 5.75 Å². The second kappa shape index (κ2) is 8.72. The minimum absolute atomic E-state index is 0.162. The number of nitrogens with one attached hydrogen (secondary N) is 1. The highest BCUT2D eigenvalue weighted by molar-refractivity contribution is 7.77. The topological polar surface area (TPSA) is 48.7 Å². The lowest BCUT2D eigenvalue weighted by atomic mass is 10.0. The number of rotatable bonds is 6. The molecule has 4 nitrogen and oxygen atoms in total. The van der Waals surface area contributed by atoms with Crippen molar-refractivity contribution in [3.63, 3.8) is 0 Å². The highest BCUT2D eigenvalue weighted by Gasteiger charge is 2.25. The molecule has 0 unspecified atom stereocenters. The van der Waals surface area contributed by atoms with Gasteiger partial charge in [0.1, 0.15) is 5.75 Å². The summed E-state index contributed by atoms with van der Waals surface area (Å²) >= 11 is 3.40. The highest BCUT2D eigenvalue weighted by atomic mass is 32.1. The quantitative estimate of drug-likeness (QED) is 0.470. The lowest BCUT2D eigenvalue weighted by Crippen LogP contribution is -2.23. The van der Waals surface area contributed by atoms with Gasteiger partial charge in [-0.1, -0.05) is 36.4 Å². The molecule has 0 atom stereocenters. The minimum Gasteiger partial charge on any atom is -0.402 e. The monoisotopic (exact) mass is 382 g/mol. The Balaban J connectivity index is 1.66. The third-order valence-electron chi connectivity index (χ3n) is 5.00. The van der Waals surface area contributed by atoms with Gasteiger partial charge < -0.3 is 9.64 Å². The summed E-state index contributed by atoms with van der Waals surface area (Å²) in [6.07, 6.45) is 3.73. The molecular formula is C22H28N3OS+. The fourth-order valence-corrected chi connectivity index (χ4v) is 3.33. The van der Waals surface area contributed by atoms with Crippen LogP contribution in [0.3, 0.4) is 0 Å². The van der Waals surface area contributed by atoms with Crippen molar-refractivity contribution in [3.05, 3.63) is 64.7 Å². The van der Waals surface area contributed by atoms with E-state index in [1.807, 2.05) is 37.3 Å². The van der Waals surface area contributed by atoms with Gasteiger partial charge in [0.2, 0.25) is 0 Å². The van der Waals surface area contributed by atoms with Crippen LogP contribution in [0.1, 0.15) is 35.1 Å². The van der Waals surface area contributed by atoms with Crippen molar-refractivity contribution < 1.29 is 4.74 Å². The molecular weight excluding hydrogens is 354 g/mol. The third-order valence-corrected chi connectivity index (χ3v) is 5.22. The van der Waals surface area contributed by atoms with Gasteiger partial charge in [-0.2, -0.15) is 0 Å². The Morgan fingerprint density at radius 1 is 1.19 bits per heavy atom. The molecule has 0 heterocycles. The van der Waals surface area contributed by atoms with Gasteiger partial charge in [0.15, 0.2) is 5.84 Å². The van der Waals surface area contributed by atoms with E-state index in [1.54, 1.807) is 0 Å². The SMILES string of the molecule is Cc1cc(OC([SH2+])=NC(=N)c2ccccc2)c(C)cc1CCN(C)C1CC1. The number of amidine groups is 1. The van der Waals surface area contributed by atoms with E-state index in [4.69, 9.17) is 10.1 Å². The summed E-state index contributed by atoms with van der Waals surface area (Å²) in [4.78, 5) is 6.66. The van der Waals surface area contributed by atoms with Crippen LogP contribution in [0, 0.1) is 19.3 Å². The largest absolute Gasteiger partial charge is 0.414 e. The van der Waals surface area contributed by atoms with Crippen molar-refractivity contribution in [2.24, 2.45) is 4.99 Å². The molecule has 0 amide bonds. The summed E-state index contributed by atoms with van der Waals surface area (Å²) in [6.45, 7) is 5.25. The van der Waals surface area contributed by atoms with Gasteiger partial charge in [0.05, 0.1) is 12.6 Å². The fourth-order valence-electron chi connectivity index (χ4n) is 3.11. The van der Waals surface area contributed by atoms with E-state index in [0.717, 1.165) is 35.9 Å². The van der Waals surface area contributed by atoms with E-state index in [0.29, 0.717) is 0 Å². The highest BCUT2D eigenvalue weighted by Crippen LogP contribution is 2.27. The van der Waals surface area contributed by atoms with Gasteiger partial charge in [0.25, 0.3) is 0 Å². The van der Waals surface area contributed by atoms with Crippen molar-refractivity contribution in [2.45, 2.75) is 39.2 Å². The summed E-state index contributed by atoms with van der Waals surface area (Å²) in [5.74, 6) is 0.927. The molecule has 142 valence electrons. The second-order valence-corrected chi connectivity index (χ2v) is 7.67. The van der Waals surface area contributed by atoms with Crippen LogP contribution in [-0.2, 0) is 19.0 Å². The molecule has 0 spiro atoms. The Kier molecular flexibility index (Phi) is 6.34. The van der Waals surface area contributed by atoms with Gasteiger partial charge in [-0.05, 0) is 62.9 Å². The number of aryl methyl sites for hydroxylation is 2. The summed E-state index contributed by atoms with van der Waals surface area (Å²) in [6, 6.07) is 14.5. The lowest BCUT2D eigenvalue weighted by molar-refractivity contribution is 0.328. The van der Waals surface area contributed by atoms with Crippen LogP contribution in [0.25, 0.3) is 0 Å². The third kappa shape index (κ3) is 5.44. The number of hydrogen-bond donors (Lipinski definition) is 1. The van der Waals surface area contributed by atoms with Crippen molar-refractivity contribution in [2.75, 3.05) is 13.6 Å². The Labute approximate surface area is 167 Å². The second-order valence-electron chi connectivity index (χ2n) is 7.24. The van der Waals surface area contributed by atoms with Crippen molar-refractivity contribution >= 4 is 23.7 Å². The first-order valence-corrected chi connectivity index (χ1v) is 9.86. The zero-order chi connectivity index (χ0) is 19.4. The van der Waals surface area contributed by atoms with Gasteiger partial charge >= 0.3 is 5.23 Å². The van der Waals surface area contributed by atoms with Crippen LogP contribution in [0.2, 0.25) is 0 Å². The Hall–Kier alpha value is -2.11. The van der Waals surface area contributed by atoms with E-state index >= 15 is 0 Å². The van der Waals surface area contributed by atoms with Gasteiger partial charge in [-0.25, -0.2) is 0 Å². The molecule has 1 N–H and O–H groups in total. The van der Waals surface area contributed by atoms with Crippen LogP contribution >= 0.6 is 0 Å². The summed E-state index contributed by atoms with van der Waals surface area (Å²) in [7, 11) is 2.21. The van der Waals surface area contributed by atoms with Gasteiger partial charge in [0, 0.05) is 18.2 Å². The van der Waals surface area contributed by atoms with Gasteiger partial charge in [-0.15, -0.1) is 4.99 Å². The molecule has 2 aromatic carbocycles. The summed E-state index contributed by atoms with van der Waals surface area (Å²) in [5, 5.41) is 8.37. The van der Waals surface area contributed by atoms with Crippen molar-refractivity contribution in [1.82, 2.24) is 4.90 Å².